The van der Waals surface area contributed by atoms with E-state index < -0.39 is 11.9 Å². The number of esters is 1. The average molecular weight is 539 g/mol. The molecule has 8 heteroatoms. The number of carbonyl (C=O) groups is 2. The minimum atomic E-state index is -0.596. The molecular weight excluding hydrogens is 516 g/mol. The molecule has 1 aromatic carbocycles. The number of carbonyl (C=O) groups excluding carboxylic acids is 2. The number of furan rings is 1. The third-order valence-electron chi connectivity index (χ3n) is 5.63. The van der Waals surface area contributed by atoms with Gasteiger partial charge in [-0.25, -0.2) is 4.79 Å². The minimum absolute atomic E-state index is 0.119. The fourth-order valence-corrected chi connectivity index (χ4v) is 5.58. The van der Waals surface area contributed by atoms with Crippen molar-refractivity contribution < 1.29 is 18.7 Å². The van der Waals surface area contributed by atoms with Crippen LogP contribution in [0.15, 0.2) is 50.9 Å². The van der Waals surface area contributed by atoms with Gasteiger partial charge in [-0.1, -0.05) is 35.0 Å². The molecule has 1 atom stereocenters. The molecule has 2 aromatic heterocycles. The first kappa shape index (κ1) is 24.0. The standard InChI is InChI=1S/C26H23BrN2O4S/c1-3-32-26(31)23-20-10-4-15(2)12-22(20)34-25(23)29-24(30)17(14-28)13-19-9-11-21(33-19)16-5-7-18(27)8-6-16/h5-9,11,13,15H,3-4,10,12H2,1-2H3,(H,29,30). The van der Waals surface area contributed by atoms with E-state index in [1.807, 2.05) is 30.3 Å². The molecule has 0 saturated heterocycles. The van der Waals surface area contributed by atoms with Crippen LogP contribution in [0.25, 0.3) is 17.4 Å². The lowest BCUT2D eigenvalue weighted by atomic mass is 9.88. The van der Waals surface area contributed by atoms with Crippen LogP contribution < -0.4 is 5.32 Å². The van der Waals surface area contributed by atoms with Gasteiger partial charge in [0.25, 0.3) is 5.91 Å². The van der Waals surface area contributed by atoms with Gasteiger partial charge in [0.1, 0.15) is 28.2 Å². The Morgan fingerprint density at radius 2 is 2.06 bits per heavy atom. The molecule has 1 aliphatic carbocycles. The van der Waals surface area contributed by atoms with Gasteiger partial charge in [0.05, 0.1) is 12.2 Å². The van der Waals surface area contributed by atoms with Crippen molar-refractivity contribution in [2.24, 2.45) is 5.92 Å². The Morgan fingerprint density at radius 1 is 1.29 bits per heavy atom. The number of nitrogens with one attached hydrogen (secondary N) is 1. The highest BCUT2D eigenvalue weighted by Gasteiger charge is 2.29. The van der Waals surface area contributed by atoms with E-state index in [1.165, 1.54) is 17.4 Å². The summed E-state index contributed by atoms with van der Waals surface area (Å²) in [4.78, 5) is 26.8. The minimum Gasteiger partial charge on any atom is -0.462 e. The van der Waals surface area contributed by atoms with Gasteiger partial charge in [-0.3, -0.25) is 4.79 Å². The number of hydrogen-bond acceptors (Lipinski definition) is 6. The number of fused-ring (bicyclic) bond motifs is 1. The largest absolute Gasteiger partial charge is 0.462 e. The second kappa shape index (κ2) is 10.4. The van der Waals surface area contributed by atoms with Gasteiger partial charge in [0.2, 0.25) is 0 Å². The van der Waals surface area contributed by atoms with Gasteiger partial charge in [-0.15, -0.1) is 11.3 Å². The number of benzene rings is 1. The average Bonchev–Trinajstić information content (AvgIpc) is 3.42. The zero-order chi connectivity index (χ0) is 24.2. The van der Waals surface area contributed by atoms with E-state index in [9.17, 15) is 14.9 Å². The van der Waals surface area contributed by atoms with Gasteiger partial charge in [-0.05, 0) is 61.9 Å². The predicted octanol–water partition coefficient (Wildman–Crippen LogP) is 6.62. The Labute approximate surface area is 210 Å². The molecule has 1 aliphatic rings. The first-order valence-corrected chi connectivity index (χ1v) is 12.6. The summed E-state index contributed by atoms with van der Waals surface area (Å²) in [6.45, 7) is 4.17. The number of rotatable bonds is 6. The third-order valence-corrected chi connectivity index (χ3v) is 7.32. The van der Waals surface area contributed by atoms with Crippen molar-refractivity contribution in [3.63, 3.8) is 0 Å². The molecule has 0 bridgehead atoms. The first-order valence-electron chi connectivity index (χ1n) is 11.0. The van der Waals surface area contributed by atoms with Crippen molar-refractivity contribution in [2.45, 2.75) is 33.1 Å². The van der Waals surface area contributed by atoms with Crippen molar-refractivity contribution in [1.29, 1.82) is 5.26 Å². The number of nitrogens with zero attached hydrogens (tertiary/aromatic N) is 1. The predicted molar refractivity (Wildman–Crippen MR) is 136 cm³/mol. The summed E-state index contributed by atoms with van der Waals surface area (Å²) in [5.74, 6) is 0.479. The summed E-state index contributed by atoms with van der Waals surface area (Å²) in [5.41, 5.74) is 2.12. The maximum absolute atomic E-state index is 13.0. The number of halogens is 1. The topological polar surface area (TPSA) is 92.3 Å². The van der Waals surface area contributed by atoms with Crippen molar-refractivity contribution in [3.8, 4) is 17.4 Å². The van der Waals surface area contributed by atoms with E-state index in [1.54, 1.807) is 19.1 Å². The molecule has 34 heavy (non-hydrogen) atoms. The summed E-state index contributed by atoms with van der Waals surface area (Å²) in [5, 5.41) is 12.8. The second-order valence-electron chi connectivity index (χ2n) is 8.11. The highest BCUT2D eigenvalue weighted by atomic mass is 79.9. The van der Waals surface area contributed by atoms with Crippen LogP contribution in [0.5, 0.6) is 0 Å². The summed E-state index contributed by atoms with van der Waals surface area (Å²) >= 11 is 4.79. The maximum atomic E-state index is 13.0. The molecule has 1 unspecified atom stereocenters. The Hall–Kier alpha value is -3.15. The lowest BCUT2D eigenvalue weighted by Crippen LogP contribution is -2.17. The van der Waals surface area contributed by atoms with E-state index in [4.69, 9.17) is 9.15 Å². The lowest BCUT2D eigenvalue weighted by molar-refractivity contribution is -0.112. The Morgan fingerprint density at radius 3 is 2.76 bits per heavy atom. The first-order chi connectivity index (χ1) is 16.4. The van der Waals surface area contributed by atoms with E-state index >= 15 is 0 Å². The molecule has 0 fully saturated rings. The Bertz CT molecular complexity index is 1300. The molecule has 1 N–H and O–H groups in total. The van der Waals surface area contributed by atoms with Crippen LogP contribution in [0.4, 0.5) is 5.00 Å². The van der Waals surface area contributed by atoms with Crippen LogP contribution >= 0.6 is 27.3 Å². The molecule has 6 nitrogen and oxygen atoms in total. The highest BCUT2D eigenvalue weighted by Crippen LogP contribution is 2.40. The number of thiophene rings is 1. The third kappa shape index (κ3) is 5.16. The van der Waals surface area contributed by atoms with E-state index in [0.717, 1.165) is 39.7 Å². The second-order valence-corrected chi connectivity index (χ2v) is 10.1. The van der Waals surface area contributed by atoms with Gasteiger partial charge >= 0.3 is 5.97 Å². The number of hydrogen-bond donors (Lipinski definition) is 1. The van der Waals surface area contributed by atoms with Crippen LogP contribution in [0.2, 0.25) is 0 Å². The maximum Gasteiger partial charge on any atom is 0.341 e. The lowest BCUT2D eigenvalue weighted by Gasteiger charge is -2.18. The normalized spacial score (nSPS) is 15.4. The number of anilines is 1. The molecule has 0 spiro atoms. The highest BCUT2D eigenvalue weighted by molar-refractivity contribution is 9.10. The Balaban J connectivity index is 1.59. The quantitative estimate of drug-likeness (QED) is 0.216. The molecule has 0 radical (unpaired) electrons. The smallest absolute Gasteiger partial charge is 0.341 e. The van der Waals surface area contributed by atoms with Gasteiger partial charge in [0.15, 0.2) is 0 Å². The van der Waals surface area contributed by atoms with Gasteiger partial charge < -0.3 is 14.5 Å². The van der Waals surface area contributed by atoms with Crippen molar-refractivity contribution in [3.05, 3.63) is 68.2 Å². The van der Waals surface area contributed by atoms with Crippen LogP contribution in [-0.2, 0) is 22.4 Å². The van der Waals surface area contributed by atoms with E-state index in [2.05, 4.69) is 28.2 Å². The molecule has 0 aliphatic heterocycles. The van der Waals surface area contributed by atoms with Crippen LogP contribution in [0.1, 0.15) is 46.8 Å². The molecule has 0 saturated carbocycles. The van der Waals surface area contributed by atoms with Crippen LogP contribution in [-0.4, -0.2) is 18.5 Å². The monoisotopic (exact) mass is 538 g/mol. The molecule has 4 rings (SSSR count). The van der Waals surface area contributed by atoms with E-state index in [-0.39, 0.29) is 12.2 Å². The molecule has 2 heterocycles. The fourth-order valence-electron chi connectivity index (χ4n) is 3.92. The van der Waals surface area contributed by atoms with Crippen LogP contribution in [0, 0.1) is 17.2 Å². The molecular formula is C26H23BrN2O4S. The van der Waals surface area contributed by atoms with Crippen molar-refractivity contribution in [1.82, 2.24) is 0 Å². The summed E-state index contributed by atoms with van der Waals surface area (Å²) < 4.78 is 12.0. The molecule has 174 valence electrons. The molecule has 3 aromatic rings. The Kier molecular flexibility index (Phi) is 7.35. The van der Waals surface area contributed by atoms with Gasteiger partial charge in [0, 0.05) is 21.0 Å². The summed E-state index contributed by atoms with van der Waals surface area (Å²) in [7, 11) is 0. The zero-order valence-electron chi connectivity index (χ0n) is 18.8. The number of nitriles is 1. The van der Waals surface area contributed by atoms with Crippen LogP contribution in [0.3, 0.4) is 0 Å². The molecule has 1 amide bonds. The van der Waals surface area contributed by atoms with E-state index in [0.29, 0.717) is 28.0 Å². The SMILES string of the molecule is CCOC(=O)c1c(NC(=O)C(C#N)=Cc2ccc(-c3ccc(Br)cc3)o2)sc2c1CCC(C)C2. The number of ether oxygens (including phenoxy) is 1. The number of amides is 1. The summed E-state index contributed by atoms with van der Waals surface area (Å²) in [6, 6.07) is 13.1. The van der Waals surface area contributed by atoms with Gasteiger partial charge in [-0.2, -0.15) is 5.26 Å². The van der Waals surface area contributed by atoms with Crippen molar-refractivity contribution in [2.75, 3.05) is 11.9 Å². The van der Waals surface area contributed by atoms with Crippen molar-refractivity contribution >= 4 is 50.2 Å². The summed E-state index contributed by atoms with van der Waals surface area (Å²) in [6.07, 6.45) is 4.00. The zero-order valence-corrected chi connectivity index (χ0v) is 21.2. The fraction of sp³-hybridized carbons (Fsp3) is 0.269.